The fourth-order valence-corrected chi connectivity index (χ4v) is 3.79. The van der Waals surface area contributed by atoms with E-state index in [-0.39, 0.29) is 5.84 Å². The van der Waals surface area contributed by atoms with Crippen LogP contribution < -0.4 is 5.73 Å². The molecule has 0 aliphatic heterocycles. The van der Waals surface area contributed by atoms with Crippen LogP contribution in [-0.4, -0.2) is 27.5 Å². The number of amidine groups is 1. The molecule has 7 heteroatoms. The van der Waals surface area contributed by atoms with Gasteiger partial charge in [0.1, 0.15) is 0 Å². The predicted octanol–water partition coefficient (Wildman–Crippen LogP) is 2.46. The van der Waals surface area contributed by atoms with E-state index in [1.807, 2.05) is 6.26 Å². The summed E-state index contributed by atoms with van der Waals surface area (Å²) < 4.78 is 1.95. The first-order valence-electron chi connectivity index (χ1n) is 4.52. The highest BCUT2D eigenvalue weighted by Crippen LogP contribution is 2.32. The molecule has 1 aromatic rings. The Kier molecular flexibility index (Phi) is 5.41. The van der Waals surface area contributed by atoms with Crippen LogP contribution in [0, 0.1) is 5.41 Å². The van der Waals surface area contributed by atoms with Crippen LogP contribution in [-0.2, 0) is 0 Å². The van der Waals surface area contributed by atoms with E-state index in [1.165, 1.54) is 0 Å². The van der Waals surface area contributed by atoms with Crippen LogP contribution in [0.3, 0.4) is 0 Å². The first kappa shape index (κ1) is 12.8. The van der Waals surface area contributed by atoms with Crippen molar-refractivity contribution in [1.82, 2.24) is 10.2 Å². The van der Waals surface area contributed by atoms with Crippen molar-refractivity contribution in [2.75, 3.05) is 6.26 Å². The normalized spacial score (nSPS) is 12.7. The molecule has 4 nitrogen and oxygen atoms in total. The number of nitrogens with one attached hydrogen (secondary N) is 1. The maximum absolute atomic E-state index is 7.26. The molecular weight excluding hydrogens is 248 g/mol. The standard InChI is InChI=1S/C8H14N4S3/c1-3-5(4-6(9)10)14-8-12-11-7(13-2)15-8/h5H,3-4H2,1-2H3,(H3,9,10). The minimum Gasteiger partial charge on any atom is -0.388 e. The third-order valence-electron chi connectivity index (χ3n) is 1.73. The van der Waals surface area contributed by atoms with Crippen LogP contribution >= 0.6 is 34.9 Å². The molecule has 0 aromatic carbocycles. The van der Waals surface area contributed by atoms with Gasteiger partial charge in [0, 0.05) is 11.7 Å². The summed E-state index contributed by atoms with van der Waals surface area (Å²) in [6.45, 7) is 2.09. The molecule has 0 spiro atoms. The van der Waals surface area contributed by atoms with Gasteiger partial charge in [-0.2, -0.15) is 0 Å². The highest BCUT2D eigenvalue weighted by atomic mass is 32.2. The maximum atomic E-state index is 7.26. The van der Waals surface area contributed by atoms with Crippen molar-refractivity contribution < 1.29 is 0 Å². The van der Waals surface area contributed by atoms with Gasteiger partial charge in [0.15, 0.2) is 8.68 Å². The van der Waals surface area contributed by atoms with Crippen molar-refractivity contribution in [3.63, 3.8) is 0 Å². The highest BCUT2D eigenvalue weighted by Gasteiger charge is 2.13. The lowest BCUT2D eigenvalue weighted by Gasteiger charge is -2.10. The second-order valence-corrected chi connectivity index (χ2v) is 6.49. The van der Waals surface area contributed by atoms with Gasteiger partial charge in [-0.05, 0) is 12.7 Å². The van der Waals surface area contributed by atoms with Crippen LogP contribution in [0.25, 0.3) is 0 Å². The first-order valence-corrected chi connectivity index (χ1v) is 7.44. The molecule has 0 amide bonds. The molecule has 1 atom stereocenters. The number of hydrogen-bond donors (Lipinski definition) is 2. The van der Waals surface area contributed by atoms with E-state index in [0.717, 1.165) is 15.1 Å². The third kappa shape index (κ3) is 4.40. The van der Waals surface area contributed by atoms with Crippen LogP contribution in [0.15, 0.2) is 8.68 Å². The molecule has 0 aliphatic rings. The number of nitrogens with two attached hydrogens (primary N) is 1. The summed E-state index contributed by atoms with van der Waals surface area (Å²) in [5.41, 5.74) is 5.39. The Morgan fingerprint density at radius 2 is 2.20 bits per heavy atom. The number of nitrogens with zero attached hydrogens (tertiary/aromatic N) is 2. The summed E-state index contributed by atoms with van der Waals surface area (Å²) >= 11 is 4.86. The number of rotatable bonds is 6. The van der Waals surface area contributed by atoms with Crippen molar-refractivity contribution in [3.05, 3.63) is 0 Å². The van der Waals surface area contributed by atoms with Crippen molar-refractivity contribution >= 4 is 40.7 Å². The Hall–Kier alpha value is -0.270. The van der Waals surface area contributed by atoms with E-state index < -0.39 is 0 Å². The van der Waals surface area contributed by atoms with Gasteiger partial charge in [0.25, 0.3) is 0 Å². The Morgan fingerprint density at radius 1 is 1.53 bits per heavy atom. The lowest BCUT2D eigenvalue weighted by Crippen LogP contribution is -2.16. The van der Waals surface area contributed by atoms with Crippen LogP contribution in [0.4, 0.5) is 0 Å². The number of hydrogen-bond acceptors (Lipinski definition) is 6. The molecule has 1 unspecified atom stereocenters. The Balaban J connectivity index is 2.54. The van der Waals surface area contributed by atoms with Gasteiger partial charge in [0.05, 0.1) is 5.84 Å². The average Bonchev–Trinajstić information content (AvgIpc) is 2.64. The van der Waals surface area contributed by atoms with Crippen molar-refractivity contribution in [1.29, 1.82) is 5.41 Å². The van der Waals surface area contributed by atoms with Gasteiger partial charge in [-0.3, -0.25) is 5.41 Å². The Labute approximate surface area is 102 Å². The van der Waals surface area contributed by atoms with Gasteiger partial charge in [0.2, 0.25) is 0 Å². The quantitative estimate of drug-likeness (QED) is 0.468. The molecule has 0 saturated heterocycles. The summed E-state index contributed by atoms with van der Waals surface area (Å²) in [5.74, 6) is 0.240. The zero-order valence-corrected chi connectivity index (χ0v) is 11.1. The smallest absolute Gasteiger partial charge is 0.175 e. The van der Waals surface area contributed by atoms with E-state index in [9.17, 15) is 0 Å². The summed E-state index contributed by atoms with van der Waals surface area (Å²) in [6.07, 6.45) is 3.59. The molecule has 15 heavy (non-hydrogen) atoms. The van der Waals surface area contributed by atoms with E-state index in [0.29, 0.717) is 11.7 Å². The van der Waals surface area contributed by atoms with E-state index >= 15 is 0 Å². The number of thioether (sulfide) groups is 2. The van der Waals surface area contributed by atoms with E-state index in [1.54, 1.807) is 34.9 Å². The van der Waals surface area contributed by atoms with Crippen LogP contribution in [0.5, 0.6) is 0 Å². The second kappa shape index (κ2) is 6.34. The lowest BCUT2D eigenvalue weighted by molar-refractivity contribution is 0.844. The molecule has 0 fully saturated rings. The van der Waals surface area contributed by atoms with Gasteiger partial charge in [-0.15, -0.1) is 10.2 Å². The molecular formula is C8H14N4S3. The molecule has 84 valence electrons. The van der Waals surface area contributed by atoms with E-state index in [2.05, 4.69) is 17.1 Å². The largest absolute Gasteiger partial charge is 0.388 e. The van der Waals surface area contributed by atoms with Gasteiger partial charge >= 0.3 is 0 Å². The summed E-state index contributed by atoms with van der Waals surface area (Å²) in [5, 5.41) is 15.7. The van der Waals surface area contributed by atoms with Gasteiger partial charge in [-0.25, -0.2) is 0 Å². The summed E-state index contributed by atoms with van der Waals surface area (Å²) in [6, 6.07) is 0. The topological polar surface area (TPSA) is 75.7 Å². The van der Waals surface area contributed by atoms with Crippen LogP contribution in [0.2, 0.25) is 0 Å². The maximum Gasteiger partial charge on any atom is 0.175 e. The Bertz CT molecular complexity index is 325. The average molecular weight is 262 g/mol. The van der Waals surface area contributed by atoms with Crippen molar-refractivity contribution in [2.24, 2.45) is 5.73 Å². The SMILES string of the molecule is CCC(CC(=N)N)Sc1nnc(SC)s1. The summed E-state index contributed by atoms with van der Waals surface area (Å²) in [7, 11) is 0. The van der Waals surface area contributed by atoms with Crippen molar-refractivity contribution in [3.8, 4) is 0 Å². The lowest BCUT2D eigenvalue weighted by atomic mass is 10.2. The molecule has 0 saturated carbocycles. The van der Waals surface area contributed by atoms with Crippen molar-refractivity contribution in [2.45, 2.75) is 33.7 Å². The molecule has 0 bridgehead atoms. The molecule has 3 N–H and O–H groups in total. The zero-order chi connectivity index (χ0) is 11.3. The number of aromatic nitrogens is 2. The fraction of sp³-hybridized carbons (Fsp3) is 0.625. The summed E-state index contributed by atoms with van der Waals surface area (Å²) in [4.78, 5) is 0. The zero-order valence-electron chi connectivity index (χ0n) is 8.69. The van der Waals surface area contributed by atoms with Gasteiger partial charge < -0.3 is 5.73 Å². The highest BCUT2D eigenvalue weighted by molar-refractivity contribution is 8.03. The van der Waals surface area contributed by atoms with E-state index in [4.69, 9.17) is 11.1 Å². The molecule has 1 aromatic heterocycles. The first-order chi connectivity index (χ1) is 7.15. The molecule has 0 radical (unpaired) electrons. The third-order valence-corrected chi connectivity index (χ3v) is 5.08. The second-order valence-electron chi connectivity index (χ2n) is 2.92. The monoisotopic (exact) mass is 262 g/mol. The fourth-order valence-electron chi connectivity index (χ4n) is 0.984. The molecule has 1 rings (SSSR count). The minimum atomic E-state index is 0.240. The van der Waals surface area contributed by atoms with Crippen LogP contribution in [0.1, 0.15) is 19.8 Å². The minimum absolute atomic E-state index is 0.240. The Morgan fingerprint density at radius 3 is 2.67 bits per heavy atom. The molecule has 0 aliphatic carbocycles. The van der Waals surface area contributed by atoms with Gasteiger partial charge in [-0.1, -0.05) is 41.8 Å². The predicted molar refractivity (Wildman–Crippen MR) is 68.2 cm³/mol. The molecule has 1 heterocycles.